The lowest BCUT2D eigenvalue weighted by Gasteiger charge is -2.46. The molecule has 2 aliphatic heterocycles. The second kappa shape index (κ2) is 6.75. The normalized spacial score (nSPS) is 30.5. The third-order valence-electron chi connectivity index (χ3n) is 4.63. The van der Waals surface area contributed by atoms with Crippen LogP contribution in [0, 0.1) is 5.41 Å². The van der Waals surface area contributed by atoms with Crippen molar-refractivity contribution in [2.75, 3.05) is 20.3 Å². The molecule has 2 heterocycles. The van der Waals surface area contributed by atoms with Gasteiger partial charge in [0.05, 0.1) is 25.4 Å². The summed E-state index contributed by atoms with van der Waals surface area (Å²) in [5.74, 6) is -0.475. The average molecular weight is 298 g/mol. The maximum absolute atomic E-state index is 11.9. The molecule has 6 heteroatoms. The molecule has 2 atom stereocenters. The van der Waals surface area contributed by atoms with E-state index in [-0.39, 0.29) is 23.3 Å². The van der Waals surface area contributed by atoms with Gasteiger partial charge in [-0.15, -0.1) is 0 Å². The Balaban J connectivity index is 1.90. The Morgan fingerprint density at radius 3 is 2.52 bits per heavy atom. The fraction of sp³-hybridized carbons (Fsp3) is 0.867. The van der Waals surface area contributed by atoms with Gasteiger partial charge in [-0.25, -0.2) is 0 Å². The first-order chi connectivity index (χ1) is 9.96. The Bertz CT molecular complexity index is 377. The van der Waals surface area contributed by atoms with Crippen molar-refractivity contribution >= 4 is 11.8 Å². The molecule has 0 aromatic heterocycles. The van der Waals surface area contributed by atoms with E-state index in [1.807, 2.05) is 6.92 Å². The van der Waals surface area contributed by atoms with E-state index in [9.17, 15) is 9.59 Å². The molecule has 2 bridgehead atoms. The molecular weight excluding hydrogens is 272 g/mol. The molecular formula is C15H26N2O4. The lowest BCUT2D eigenvalue weighted by Crippen LogP contribution is -2.53. The van der Waals surface area contributed by atoms with Crippen LogP contribution in [-0.4, -0.2) is 50.3 Å². The summed E-state index contributed by atoms with van der Waals surface area (Å²) in [6, 6.07) is -0.662. The molecule has 2 N–H and O–H groups in total. The van der Waals surface area contributed by atoms with Crippen molar-refractivity contribution in [1.82, 2.24) is 10.6 Å². The van der Waals surface area contributed by atoms with E-state index in [2.05, 4.69) is 10.6 Å². The second-order valence-electron chi connectivity index (χ2n) is 6.32. The SMILES string of the molecule is CNC(=O)C(NC(C)=O)C(C)OCC12CCC(CC1)OC2. The Hall–Kier alpha value is -1.14. The van der Waals surface area contributed by atoms with Gasteiger partial charge in [0.25, 0.3) is 0 Å². The summed E-state index contributed by atoms with van der Waals surface area (Å²) in [5, 5.41) is 5.21. The Kier molecular flexibility index (Phi) is 5.22. The number of rotatable bonds is 6. The first-order valence-corrected chi connectivity index (χ1v) is 7.68. The maximum Gasteiger partial charge on any atom is 0.245 e. The zero-order chi connectivity index (χ0) is 15.5. The van der Waals surface area contributed by atoms with E-state index in [1.54, 1.807) is 7.05 Å². The quantitative estimate of drug-likeness (QED) is 0.753. The topological polar surface area (TPSA) is 76.7 Å². The summed E-state index contributed by atoms with van der Waals surface area (Å²) in [4.78, 5) is 23.1. The molecule has 1 saturated carbocycles. The predicted octanol–water partition coefficient (Wildman–Crippen LogP) is 0.601. The van der Waals surface area contributed by atoms with Crippen molar-refractivity contribution in [3.63, 3.8) is 0 Å². The van der Waals surface area contributed by atoms with Crippen molar-refractivity contribution < 1.29 is 19.1 Å². The zero-order valence-electron chi connectivity index (χ0n) is 13.1. The minimum absolute atomic E-state index is 0.0898. The van der Waals surface area contributed by atoms with Gasteiger partial charge in [-0.2, -0.15) is 0 Å². The van der Waals surface area contributed by atoms with E-state index in [1.165, 1.54) is 6.92 Å². The van der Waals surface area contributed by atoms with Crippen LogP contribution >= 0.6 is 0 Å². The fourth-order valence-corrected chi connectivity index (χ4v) is 3.17. The minimum Gasteiger partial charge on any atom is -0.378 e. The molecule has 3 rings (SSSR count). The van der Waals surface area contributed by atoms with Crippen molar-refractivity contribution in [3.05, 3.63) is 0 Å². The summed E-state index contributed by atoms with van der Waals surface area (Å²) in [5.41, 5.74) is 0.0898. The smallest absolute Gasteiger partial charge is 0.245 e. The summed E-state index contributed by atoms with van der Waals surface area (Å²) >= 11 is 0. The first kappa shape index (κ1) is 16.2. The first-order valence-electron chi connectivity index (χ1n) is 7.68. The van der Waals surface area contributed by atoms with Crippen LogP contribution in [0.25, 0.3) is 0 Å². The van der Waals surface area contributed by atoms with Crippen LogP contribution in [0.1, 0.15) is 39.5 Å². The maximum atomic E-state index is 11.9. The van der Waals surface area contributed by atoms with Crippen molar-refractivity contribution in [3.8, 4) is 0 Å². The third kappa shape index (κ3) is 3.95. The number of likely N-dealkylation sites (N-methyl/N-ethyl adjacent to an activating group) is 1. The summed E-state index contributed by atoms with van der Waals surface area (Å²) in [6.07, 6.45) is 4.50. The van der Waals surface area contributed by atoms with Crippen LogP contribution in [0.2, 0.25) is 0 Å². The average Bonchev–Trinajstić information content (AvgIpc) is 2.51. The Labute approximate surface area is 125 Å². The van der Waals surface area contributed by atoms with Gasteiger partial charge < -0.3 is 20.1 Å². The van der Waals surface area contributed by atoms with Gasteiger partial charge in [0.15, 0.2) is 0 Å². The number of carbonyl (C=O) groups is 2. The number of nitrogens with one attached hydrogen (secondary N) is 2. The Morgan fingerprint density at radius 1 is 1.38 bits per heavy atom. The number of fused-ring (bicyclic) bond motifs is 3. The van der Waals surface area contributed by atoms with Crippen LogP contribution in [0.4, 0.5) is 0 Å². The van der Waals surface area contributed by atoms with Gasteiger partial charge in [-0.3, -0.25) is 9.59 Å². The van der Waals surface area contributed by atoms with Crippen LogP contribution in [0.3, 0.4) is 0 Å². The van der Waals surface area contributed by atoms with Gasteiger partial charge in [-0.1, -0.05) is 0 Å². The van der Waals surface area contributed by atoms with Crippen LogP contribution < -0.4 is 10.6 Å². The van der Waals surface area contributed by atoms with Gasteiger partial charge in [-0.05, 0) is 32.6 Å². The second-order valence-corrected chi connectivity index (χ2v) is 6.32. The van der Waals surface area contributed by atoms with Crippen molar-refractivity contribution in [2.24, 2.45) is 5.41 Å². The molecule has 2 saturated heterocycles. The highest BCUT2D eigenvalue weighted by Crippen LogP contribution is 2.43. The molecule has 2 unspecified atom stereocenters. The van der Waals surface area contributed by atoms with E-state index in [0.29, 0.717) is 12.7 Å². The van der Waals surface area contributed by atoms with E-state index in [4.69, 9.17) is 9.47 Å². The molecule has 0 aromatic carbocycles. The molecule has 0 spiro atoms. The zero-order valence-corrected chi connectivity index (χ0v) is 13.1. The third-order valence-corrected chi connectivity index (χ3v) is 4.63. The molecule has 0 aromatic rings. The van der Waals surface area contributed by atoms with Crippen LogP contribution in [0.15, 0.2) is 0 Å². The predicted molar refractivity (Wildman–Crippen MR) is 77.7 cm³/mol. The molecule has 120 valence electrons. The molecule has 0 radical (unpaired) electrons. The number of carbonyl (C=O) groups excluding carboxylic acids is 2. The van der Waals surface area contributed by atoms with Crippen LogP contribution in [0.5, 0.6) is 0 Å². The summed E-state index contributed by atoms with van der Waals surface area (Å²) in [6.45, 7) is 4.54. The van der Waals surface area contributed by atoms with Gasteiger partial charge >= 0.3 is 0 Å². The highest BCUT2D eigenvalue weighted by molar-refractivity contribution is 5.87. The molecule has 2 amide bonds. The number of hydrogen-bond donors (Lipinski definition) is 2. The highest BCUT2D eigenvalue weighted by atomic mass is 16.5. The van der Waals surface area contributed by atoms with Crippen molar-refractivity contribution in [2.45, 2.75) is 57.8 Å². The number of amides is 2. The largest absolute Gasteiger partial charge is 0.378 e. The lowest BCUT2D eigenvalue weighted by molar-refractivity contribution is -0.154. The highest BCUT2D eigenvalue weighted by Gasteiger charge is 2.42. The van der Waals surface area contributed by atoms with Gasteiger partial charge in [0.2, 0.25) is 11.8 Å². The number of hydrogen-bond acceptors (Lipinski definition) is 4. The monoisotopic (exact) mass is 298 g/mol. The fourth-order valence-electron chi connectivity index (χ4n) is 3.17. The lowest BCUT2D eigenvalue weighted by atomic mass is 9.72. The molecule has 6 nitrogen and oxygen atoms in total. The minimum atomic E-state index is -0.662. The van der Waals surface area contributed by atoms with E-state index < -0.39 is 6.04 Å². The van der Waals surface area contributed by atoms with E-state index in [0.717, 1.165) is 32.3 Å². The molecule has 3 fully saturated rings. The molecule has 3 aliphatic rings. The Morgan fingerprint density at radius 2 is 2.05 bits per heavy atom. The van der Waals surface area contributed by atoms with E-state index >= 15 is 0 Å². The molecule has 1 aliphatic carbocycles. The summed E-state index contributed by atoms with van der Waals surface area (Å²) in [7, 11) is 1.55. The van der Waals surface area contributed by atoms with Gasteiger partial charge in [0.1, 0.15) is 6.04 Å². The van der Waals surface area contributed by atoms with Crippen LogP contribution in [-0.2, 0) is 19.1 Å². The van der Waals surface area contributed by atoms with Gasteiger partial charge in [0, 0.05) is 19.4 Å². The molecule has 21 heavy (non-hydrogen) atoms. The summed E-state index contributed by atoms with van der Waals surface area (Å²) < 4.78 is 11.7. The standard InChI is InChI=1S/C15H26N2O4/c1-10(13(14(19)16-3)17-11(2)18)20-8-15-6-4-12(5-7-15)21-9-15/h10,12-13H,4-9H2,1-3H3,(H,16,19)(H,17,18). The number of ether oxygens (including phenoxy) is 2. The van der Waals surface area contributed by atoms with Crippen molar-refractivity contribution in [1.29, 1.82) is 0 Å².